The molecular weight excluding hydrogens is 442 g/mol. The van der Waals surface area contributed by atoms with Crippen LogP contribution in [0.2, 0.25) is 5.02 Å². The molecular formula is C24H26ClN5OS. The quantitative estimate of drug-likeness (QED) is 0.351. The monoisotopic (exact) mass is 467 g/mol. The predicted molar refractivity (Wildman–Crippen MR) is 132 cm³/mol. The first kappa shape index (κ1) is 21.4. The summed E-state index contributed by atoms with van der Waals surface area (Å²) in [5.74, 6) is 0.882. The zero-order valence-corrected chi connectivity index (χ0v) is 19.8. The molecule has 1 atom stereocenters. The molecule has 1 saturated heterocycles. The number of piperidine rings is 1. The minimum atomic E-state index is 0.189. The molecule has 1 unspecified atom stereocenters. The lowest BCUT2D eigenvalue weighted by Gasteiger charge is -2.32. The summed E-state index contributed by atoms with van der Waals surface area (Å²) in [5, 5.41) is 4.77. The Morgan fingerprint density at radius 1 is 1.16 bits per heavy atom. The van der Waals surface area contributed by atoms with Crippen molar-refractivity contribution in [3.05, 3.63) is 47.0 Å². The molecule has 3 heterocycles. The molecule has 0 radical (unpaired) electrons. The van der Waals surface area contributed by atoms with Crippen LogP contribution >= 0.6 is 22.9 Å². The van der Waals surface area contributed by atoms with Crippen molar-refractivity contribution >= 4 is 61.1 Å². The molecule has 0 aliphatic carbocycles. The maximum Gasteiger partial charge on any atom is 0.209 e. The first-order valence-electron chi connectivity index (χ1n) is 11.0. The van der Waals surface area contributed by atoms with E-state index >= 15 is 0 Å². The smallest absolute Gasteiger partial charge is 0.209 e. The second-order valence-corrected chi connectivity index (χ2v) is 10.0. The van der Waals surface area contributed by atoms with E-state index in [1.54, 1.807) is 0 Å². The van der Waals surface area contributed by atoms with E-state index in [0.29, 0.717) is 23.4 Å². The zero-order valence-electron chi connectivity index (χ0n) is 18.3. The molecule has 166 valence electrons. The van der Waals surface area contributed by atoms with Crippen LogP contribution in [0.15, 0.2) is 36.4 Å². The Bertz CT molecular complexity index is 1300. The molecule has 0 spiro atoms. The van der Waals surface area contributed by atoms with E-state index in [9.17, 15) is 4.79 Å². The molecule has 2 aromatic carbocycles. The van der Waals surface area contributed by atoms with Gasteiger partial charge in [0.05, 0.1) is 21.3 Å². The molecule has 32 heavy (non-hydrogen) atoms. The maximum absolute atomic E-state index is 12.9. The highest BCUT2D eigenvalue weighted by molar-refractivity contribution is 7.22. The standard InChI is InChI=1S/C24H26ClN5OS/c1-29-12-4-3-5-17(29)8-11-21(31)15-6-10-20-19(13-15)26-23(30(20)2)28-24-27-18-9-7-16(25)14-22(18)32-24/h6-7,9-10,13-14,17H,3-5,8,11-12H2,1-2H3,(H,26,27,28). The van der Waals surface area contributed by atoms with Gasteiger partial charge >= 0.3 is 0 Å². The normalized spacial score (nSPS) is 17.3. The van der Waals surface area contributed by atoms with Crippen LogP contribution in [0.5, 0.6) is 0 Å². The lowest BCUT2D eigenvalue weighted by Crippen LogP contribution is -2.36. The summed E-state index contributed by atoms with van der Waals surface area (Å²) >= 11 is 7.63. The highest BCUT2D eigenvalue weighted by Crippen LogP contribution is 2.31. The number of Topliss-reactive ketones (excluding diaryl/α,β-unsaturated/α-hetero) is 1. The van der Waals surface area contributed by atoms with Crippen LogP contribution in [-0.2, 0) is 7.05 Å². The number of thiazole rings is 1. The van der Waals surface area contributed by atoms with Crippen molar-refractivity contribution in [1.29, 1.82) is 0 Å². The van der Waals surface area contributed by atoms with Gasteiger partial charge in [-0.25, -0.2) is 9.97 Å². The summed E-state index contributed by atoms with van der Waals surface area (Å²) in [6.45, 7) is 1.14. The number of fused-ring (bicyclic) bond motifs is 2. The van der Waals surface area contributed by atoms with Gasteiger partial charge in [-0.2, -0.15) is 0 Å². The van der Waals surface area contributed by atoms with E-state index in [1.165, 1.54) is 30.6 Å². The predicted octanol–water partition coefficient (Wildman–Crippen LogP) is 6.03. The average molecular weight is 468 g/mol. The van der Waals surface area contributed by atoms with E-state index in [4.69, 9.17) is 16.6 Å². The number of aromatic nitrogens is 3. The van der Waals surface area contributed by atoms with Crippen molar-refractivity contribution in [2.75, 3.05) is 18.9 Å². The Hall–Kier alpha value is -2.48. The molecule has 0 bridgehead atoms. The molecule has 1 aliphatic heterocycles. The van der Waals surface area contributed by atoms with Crippen LogP contribution in [0.4, 0.5) is 11.1 Å². The third-order valence-electron chi connectivity index (χ3n) is 6.40. The topological polar surface area (TPSA) is 63.1 Å². The number of carbonyl (C=O) groups excluding carboxylic acids is 1. The van der Waals surface area contributed by atoms with Crippen LogP contribution in [0, 0.1) is 0 Å². The van der Waals surface area contributed by atoms with Crippen molar-refractivity contribution in [2.45, 2.75) is 38.1 Å². The lowest BCUT2D eigenvalue weighted by molar-refractivity contribution is 0.0954. The fourth-order valence-electron chi connectivity index (χ4n) is 4.48. The number of hydrogen-bond acceptors (Lipinski definition) is 6. The van der Waals surface area contributed by atoms with Gasteiger partial charge in [-0.1, -0.05) is 29.4 Å². The molecule has 0 amide bonds. The van der Waals surface area contributed by atoms with Crippen LogP contribution in [0.3, 0.4) is 0 Å². The Kier molecular flexibility index (Phi) is 5.88. The summed E-state index contributed by atoms with van der Waals surface area (Å²) < 4.78 is 3.01. The third-order valence-corrected chi connectivity index (χ3v) is 7.57. The van der Waals surface area contributed by atoms with Gasteiger partial charge in [0, 0.05) is 30.1 Å². The number of carbonyl (C=O) groups is 1. The largest absolute Gasteiger partial charge is 0.313 e. The SMILES string of the molecule is CN1CCCCC1CCC(=O)c1ccc2c(c1)nc(Nc1nc3ccc(Cl)cc3s1)n2C. The summed E-state index contributed by atoms with van der Waals surface area (Å²) in [6.07, 6.45) is 5.21. The molecule has 1 aliphatic rings. The van der Waals surface area contributed by atoms with E-state index in [2.05, 4.69) is 22.2 Å². The number of ketones is 1. The minimum absolute atomic E-state index is 0.189. The number of benzene rings is 2. The highest BCUT2D eigenvalue weighted by atomic mass is 35.5. The van der Waals surface area contributed by atoms with Crippen LogP contribution < -0.4 is 5.32 Å². The van der Waals surface area contributed by atoms with Crippen LogP contribution in [0.25, 0.3) is 21.3 Å². The van der Waals surface area contributed by atoms with Gasteiger partial charge in [0.2, 0.25) is 5.95 Å². The molecule has 4 aromatic rings. The summed E-state index contributed by atoms with van der Waals surface area (Å²) in [5.41, 5.74) is 3.41. The molecule has 8 heteroatoms. The first-order chi connectivity index (χ1) is 15.5. The van der Waals surface area contributed by atoms with Gasteiger partial charge in [-0.3, -0.25) is 4.79 Å². The summed E-state index contributed by atoms with van der Waals surface area (Å²) in [4.78, 5) is 24.6. The van der Waals surface area contributed by atoms with Gasteiger partial charge in [-0.15, -0.1) is 0 Å². The number of likely N-dealkylation sites (tertiary alicyclic amines) is 1. The van der Waals surface area contributed by atoms with E-state index in [1.807, 2.05) is 48.0 Å². The number of aryl methyl sites for hydroxylation is 1. The second-order valence-electron chi connectivity index (χ2n) is 8.55. The number of nitrogens with zero attached hydrogens (tertiary/aromatic N) is 4. The number of halogens is 1. The van der Waals surface area contributed by atoms with Crippen molar-refractivity contribution in [3.8, 4) is 0 Å². The van der Waals surface area contributed by atoms with E-state index in [-0.39, 0.29) is 5.78 Å². The van der Waals surface area contributed by atoms with Gasteiger partial charge in [0.15, 0.2) is 10.9 Å². The fraction of sp³-hybridized carbons (Fsp3) is 0.375. The Morgan fingerprint density at radius 2 is 2.03 bits per heavy atom. The van der Waals surface area contributed by atoms with E-state index in [0.717, 1.165) is 44.9 Å². The zero-order chi connectivity index (χ0) is 22.2. The van der Waals surface area contributed by atoms with Gasteiger partial charge in [0.25, 0.3) is 0 Å². The lowest BCUT2D eigenvalue weighted by atomic mass is 9.96. The maximum atomic E-state index is 12.9. The summed E-state index contributed by atoms with van der Waals surface area (Å²) in [6, 6.07) is 12.0. The van der Waals surface area contributed by atoms with Crippen molar-refractivity contribution in [3.63, 3.8) is 0 Å². The molecule has 0 saturated carbocycles. The van der Waals surface area contributed by atoms with Crippen molar-refractivity contribution in [1.82, 2.24) is 19.4 Å². The number of imidazole rings is 1. The number of nitrogens with one attached hydrogen (secondary N) is 1. The third kappa shape index (κ3) is 4.25. The Morgan fingerprint density at radius 3 is 2.88 bits per heavy atom. The molecule has 1 N–H and O–H groups in total. The molecule has 5 rings (SSSR count). The van der Waals surface area contributed by atoms with Crippen molar-refractivity contribution in [2.24, 2.45) is 7.05 Å². The minimum Gasteiger partial charge on any atom is -0.313 e. The molecule has 2 aromatic heterocycles. The van der Waals surface area contributed by atoms with Gasteiger partial charge < -0.3 is 14.8 Å². The van der Waals surface area contributed by atoms with Crippen LogP contribution in [-0.4, -0.2) is 44.9 Å². The van der Waals surface area contributed by atoms with Crippen LogP contribution in [0.1, 0.15) is 42.5 Å². The van der Waals surface area contributed by atoms with Crippen molar-refractivity contribution < 1.29 is 4.79 Å². The summed E-state index contributed by atoms with van der Waals surface area (Å²) in [7, 11) is 4.13. The Balaban J connectivity index is 1.33. The Labute approximate surface area is 196 Å². The molecule has 1 fully saturated rings. The van der Waals surface area contributed by atoms with Gasteiger partial charge in [0.1, 0.15) is 0 Å². The average Bonchev–Trinajstić information content (AvgIpc) is 3.32. The van der Waals surface area contributed by atoms with Gasteiger partial charge in [-0.05, 0) is 69.3 Å². The number of rotatable bonds is 6. The second kappa shape index (κ2) is 8.81. The van der Waals surface area contributed by atoms with E-state index < -0.39 is 0 Å². The molecule has 6 nitrogen and oxygen atoms in total. The first-order valence-corrected chi connectivity index (χ1v) is 12.2. The highest BCUT2D eigenvalue weighted by Gasteiger charge is 2.20. The number of anilines is 2. The fourth-order valence-corrected chi connectivity index (χ4v) is 5.62. The number of hydrogen-bond donors (Lipinski definition) is 1.